The number of sulfonamides is 1. The van der Waals surface area contributed by atoms with Crippen molar-refractivity contribution in [1.82, 2.24) is 24.3 Å². The van der Waals surface area contributed by atoms with Crippen LogP contribution in [0.1, 0.15) is 27.2 Å². The van der Waals surface area contributed by atoms with Crippen LogP contribution < -0.4 is 5.32 Å². The Balaban J connectivity index is 1.81. The summed E-state index contributed by atoms with van der Waals surface area (Å²) in [4.78, 5) is 6.83. The molecule has 0 spiro atoms. The van der Waals surface area contributed by atoms with Crippen molar-refractivity contribution in [2.45, 2.75) is 39.8 Å². The van der Waals surface area contributed by atoms with E-state index in [4.69, 9.17) is 9.73 Å². The molecule has 28 heavy (non-hydrogen) atoms. The number of hydrogen-bond donors (Lipinski definition) is 1. The SMILES string of the molecule is CCNC(=NCCCn1cccn1)N1CCN(S(=O)(=O)CCOC(C)C)CC1. The van der Waals surface area contributed by atoms with E-state index in [1.54, 1.807) is 10.5 Å². The van der Waals surface area contributed by atoms with Crippen LogP contribution in [0.2, 0.25) is 0 Å². The lowest BCUT2D eigenvalue weighted by Gasteiger charge is -2.36. The summed E-state index contributed by atoms with van der Waals surface area (Å²) < 4.78 is 33.8. The zero-order chi connectivity index (χ0) is 20.4. The highest BCUT2D eigenvalue weighted by atomic mass is 32.2. The smallest absolute Gasteiger partial charge is 0.216 e. The predicted molar refractivity (Wildman–Crippen MR) is 111 cm³/mol. The van der Waals surface area contributed by atoms with Crippen LogP contribution in [0.5, 0.6) is 0 Å². The van der Waals surface area contributed by atoms with Gasteiger partial charge >= 0.3 is 0 Å². The van der Waals surface area contributed by atoms with Gasteiger partial charge in [-0.3, -0.25) is 9.67 Å². The topological polar surface area (TPSA) is 92.1 Å². The zero-order valence-electron chi connectivity index (χ0n) is 17.2. The molecule has 2 heterocycles. The number of ether oxygens (including phenoxy) is 1. The fourth-order valence-corrected chi connectivity index (χ4v) is 4.26. The lowest BCUT2D eigenvalue weighted by atomic mass is 10.4. The number of aromatic nitrogens is 2. The second kappa shape index (κ2) is 11.4. The Bertz CT molecular complexity index is 682. The first-order valence-corrected chi connectivity index (χ1v) is 11.6. The maximum absolute atomic E-state index is 12.5. The van der Waals surface area contributed by atoms with Gasteiger partial charge in [0.25, 0.3) is 0 Å². The lowest BCUT2D eigenvalue weighted by Crippen LogP contribution is -2.54. The van der Waals surface area contributed by atoms with E-state index in [9.17, 15) is 8.42 Å². The van der Waals surface area contributed by atoms with Gasteiger partial charge in [0.05, 0.1) is 18.5 Å². The van der Waals surface area contributed by atoms with Crippen LogP contribution in [0.3, 0.4) is 0 Å². The third-order valence-electron chi connectivity index (χ3n) is 4.43. The maximum Gasteiger partial charge on any atom is 0.216 e. The minimum atomic E-state index is -3.27. The number of piperazine rings is 1. The molecule has 0 unspecified atom stereocenters. The van der Waals surface area contributed by atoms with Gasteiger partial charge in [-0.1, -0.05) is 0 Å². The van der Waals surface area contributed by atoms with E-state index < -0.39 is 10.0 Å². The summed E-state index contributed by atoms with van der Waals surface area (Å²) in [6, 6.07) is 1.91. The summed E-state index contributed by atoms with van der Waals surface area (Å²) in [6.45, 7) is 10.6. The van der Waals surface area contributed by atoms with Crippen LogP contribution >= 0.6 is 0 Å². The van der Waals surface area contributed by atoms with Gasteiger partial charge in [0.2, 0.25) is 10.0 Å². The largest absolute Gasteiger partial charge is 0.378 e. The number of hydrogen-bond acceptors (Lipinski definition) is 5. The van der Waals surface area contributed by atoms with Crippen LogP contribution in [0.15, 0.2) is 23.5 Å². The monoisotopic (exact) mass is 414 g/mol. The Labute approximate surface area is 168 Å². The number of nitrogens with one attached hydrogen (secondary N) is 1. The van der Waals surface area contributed by atoms with Gasteiger partial charge in [-0.2, -0.15) is 9.40 Å². The molecule has 0 bridgehead atoms. The molecule has 9 nitrogen and oxygen atoms in total. The predicted octanol–water partition coefficient (Wildman–Crippen LogP) is 0.611. The maximum atomic E-state index is 12.5. The molecule has 2 rings (SSSR count). The first-order chi connectivity index (χ1) is 13.4. The molecule has 0 aliphatic carbocycles. The molecule has 0 radical (unpaired) electrons. The molecule has 0 amide bonds. The van der Waals surface area contributed by atoms with E-state index in [0.717, 1.165) is 25.5 Å². The van der Waals surface area contributed by atoms with Crippen LogP contribution in [-0.4, -0.2) is 91.1 Å². The Hall–Kier alpha value is -1.65. The molecule has 1 aliphatic rings. The van der Waals surface area contributed by atoms with E-state index in [1.165, 1.54) is 0 Å². The van der Waals surface area contributed by atoms with Crippen molar-refractivity contribution < 1.29 is 13.2 Å². The summed E-state index contributed by atoms with van der Waals surface area (Å²) in [5, 5.41) is 7.50. The van der Waals surface area contributed by atoms with Crippen molar-refractivity contribution in [3.8, 4) is 0 Å². The minimum absolute atomic E-state index is 0.0345. The summed E-state index contributed by atoms with van der Waals surface area (Å²) in [5.74, 6) is 0.885. The molecule has 1 saturated heterocycles. The summed E-state index contributed by atoms with van der Waals surface area (Å²) in [7, 11) is -3.27. The third kappa shape index (κ3) is 7.40. The molecule has 0 saturated carbocycles. The van der Waals surface area contributed by atoms with Crippen molar-refractivity contribution in [3.63, 3.8) is 0 Å². The van der Waals surface area contributed by atoms with E-state index in [0.29, 0.717) is 32.7 Å². The van der Waals surface area contributed by atoms with E-state index in [2.05, 4.69) is 15.3 Å². The van der Waals surface area contributed by atoms with Crippen LogP contribution in [0.4, 0.5) is 0 Å². The molecule has 1 fully saturated rings. The van der Waals surface area contributed by atoms with Gasteiger partial charge in [-0.15, -0.1) is 0 Å². The van der Waals surface area contributed by atoms with Crippen LogP contribution in [-0.2, 0) is 21.3 Å². The molecule has 0 atom stereocenters. The van der Waals surface area contributed by atoms with Gasteiger partial charge < -0.3 is 15.0 Å². The number of nitrogens with zero attached hydrogens (tertiary/aromatic N) is 5. The first-order valence-electron chi connectivity index (χ1n) is 10.0. The number of aliphatic imine (C=N–C) groups is 1. The molecule has 1 aliphatic heterocycles. The highest BCUT2D eigenvalue weighted by Crippen LogP contribution is 2.09. The van der Waals surface area contributed by atoms with E-state index in [-0.39, 0.29) is 18.5 Å². The molecule has 10 heteroatoms. The van der Waals surface area contributed by atoms with Crippen molar-refractivity contribution >= 4 is 16.0 Å². The van der Waals surface area contributed by atoms with Crippen molar-refractivity contribution in [2.75, 3.05) is 51.6 Å². The quantitative estimate of drug-likeness (QED) is 0.343. The van der Waals surface area contributed by atoms with E-state index in [1.807, 2.05) is 37.7 Å². The molecule has 1 aromatic heterocycles. The van der Waals surface area contributed by atoms with E-state index >= 15 is 0 Å². The lowest BCUT2D eigenvalue weighted by molar-refractivity contribution is 0.0904. The first kappa shape index (κ1) is 22.6. The number of guanidine groups is 1. The average Bonchev–Trinajstić information content (AvgIpc) is 3.17. The summed E-state index contributed by atoms with van der Waals surface area (Å²) >= 11 is 0. The van der Waals surface area contributed by atoms with Gasteiger partial charge in [-0.05, 0) is 33.3 Å². The molecule has 0 aromatic carbocycles. The Morgan fingerprint density at radius 2 is 2.04 bits per heavy atom. The Morgan fingerprint density at radius 3 is 2.64 bits per heavy atom. The van der Waals surface area contributed by atoms with Gasteiger partial charge in [0, 0.05) is 58.2 Å². The average molecular weight is 415 g/mol. The molecule has 1 N–H and O–H groups in total. The second-order valence-corrected chi connectivity index (χ2v) is 9.07. The van der Waals surface area contributed by atoms with Crippen molar-refractivity contribution in [2.24, 2.45) is 4.99 Å². The molecular formula is C18H34N6O3S. The van der Waals surface area contributed by atoms with Gasteiger partial charge in [-0.25, -0.2) is 8.42 Å². The van der Waals surface area contributed by atoms with Crippen molar-refractivity contribution in [1.29, 1.82) is 0 Å². The van der Waals surface area contributed by atoms with Crippen molar-refractivity contribution in [3.05, 3.63) is 18.5 Å². The molecular weight excluding hydrogens is 380 g/mol. The zero-order valence-corrected chi connectivity index (χ0v) is 18.1. The summed E-state index contributed by atoms with van der Waals surface area (Å²) in [5.41, 5.74) is 0. The fourth-order valence-electron chi connectivity index (χ4n) is 2.97. The summed E-state index contributed by atoms with van der Waals surface area (Å²) in [6.07, 6.45) is 4.66. The second-order valence-electron chi connectivity index (χ2n) is 6.98. The fraction of sp³-hybridized carbons (Fsp3) is 0.778. The standard InChI is InChI=1S/C18H34N6O3S/c1-4-19-18(20-7-5-9-23-10-6-8-21-23)22-11-13-24(14-12-22)28(25,26)16-15-27-17(2)3/h6,8,10,17H,4-5,7,9,11-16H2,1-3H3,(H,19,20). The van der Waals surface area contributed by atoms with Gasteiger partial charge in [0.15, 0.2) is 5.96 Å². The Kier molecular flexibility index (Phi) is 9.20. The number of rotatable bonds is 10. The van der Waals surface area contributed by atoms with Gasteiger partial charge in [0.1, 0.15) is 0 Å². The molecule has 160 valence electrons. The van der Waals surface area contributed by atoms with Crippen LogP contribution in [0.25, 0.3) is 0 Å². The highest BCUT2D eigenvalue weighted by Gasteiger charge is 2.27. The third-order valence-corrected chi connectivity index (χ3v) is 6.26. The highest BCUT2D eigenvalue weighted by molar-refractivity contribution is 7.89. The number of aryl methyl sites for hydroxylation is 1. The Morgan fingerprint density at radius 1 is 1.29 bits per heavy atom. The van der Waals surface area contributed by atoms with Crippen LogP contribution in [0, 0.1) is 0 Å². The minimum Gasteiger partial charge on any atom is -0.378 e. The molecule has 1 aromatic rings. The normalized spacial score (nSPS) is 16.7.